The van der Waals surface area contributed by atoms with Crippen LogP contribution in [0.2, 0.25) is 0 Å². The summed E-state index contributed by atoms with van der Waals surface area (Å²) in [5, 5.41) is 7.92. The van der Waals surface area contributed by atoms with E-state index in [1.54, 1.807) is 31.2 Å². The Bertz CT molecular complexity index is 1120. The molecule has 8 nitrogen and oxygen atoms in total. The molecule has 152 valence electrons. The highest BCUT2D eigenvalue weighted by Crippen LogP contribution is 2.23. The topological polar surface area (TPSA) is 103 Å². The highest BCUT2D eigenvalue weighted by atomic mass is 16.6. The molecule has 0 radical (unpaired) electrons. The first-order valence-corrected chi connectivity index (χ1v) is 9.45. The number of benzene rings is 2. The van der Waals surface area contributed by atoms with E-state index < -0.39 is 30.4 Å². The number of aryl methyl sites for hydroxylation is 1. The second-order valence-corrected chi connectivity index (χ2v) is 7.06. The molecule has 2 aromatic carbocycles. The predicted molar refractivity (Wildman–Crippen MR) is 105 cm³/mol. The van der Waals surface area contributed by atoms with E-state index in [0.717, 1.165) is 16.0 Å². The van der Waals surface area contributed by atoms with Crippen LogP contribution < -0.4 is 0 Å². The van der Waals surface area contributed by atoms with Gasteiger partial charge in [0.05, 0.1) is 6.42 Å². The van der Waals surface area contributed by atoms with E-state index in [4.69, 9.17) is 9.15 Å². The average molecular weight is 405 g/mol. The number of fused-ring (bicyclic) bond motifs is 1. The van der Waals surface area contributed by atoms with Gasteiger partial charge in [-0.3, -0.25) is 19.3 Å². The molecule has 2 heterocycles. The molecule has 0 bridgehead atoms. The van der Waals surface area contributed by atoms with Crippen LogP contribution in [0.4, 0.5) is 0 Å². The van der Waals surface area contributed by atoms with Gasteiger partial charge in [0, 0.05) is 11.1 Å². The van der Waals surface area contributed by atoms with Crippen molar-refractivity contribution < 1.29 is 23.5 Å². The maximum absolute atomic E-state index is 12.6. The van der Waals surface area contributed by atoms with Gasteiger partial charge in [0.25, 0.3) is 11.8 Å². The Labute approximate surface area is 172 Å². The van der Waals surface area contributed by atoms with Crippen molar-refractivity contribution in [1.82, 2.24) is 15.1 Å². The van der Waals surface area contributed by atoms with Crippen LogP contribution in [0.5, 0.6) is 0 Å². The maximum Gasteiger partial charge on any atom is 0.326 e. The summed E-state index contributed by atoms with van der Waals surface area (Å²) in [6, 6.07) is 14.4. The maximum atomic E-state index is 12.6. The van der Waals surface area contributed by atoms with E-state index in [-0.39, 0.29) is 12.3 Å². The van der Waals surface area contributed by atoms with Gasteiger partial charge in [-0.05, 0) is 37.6 Å². The van der Waals surface area contributed by atoms with Crippen LogP contribution in [-0.2, 0) is 20.7 Å². The molecule has 0 saturated heterocycles. The molecule has 0 N–H and O–H groups in total. The second kappa shape index (κ2) is 7.90. The monoisotopic (exact) mass is 405 g/mol. The van der Waals surface area contributed by atoms with Gasteiger partial charge in [0.15, 0.2) is 6.10 Å². The lowest BCUT2D eigenvalue weighted by Crippen LogP contribution is -2.45. The van der Waals surface area contributed by atoms with Gasteiger partial charge < -0.3 is 9.15 Å². The minimum Gasteiger partial charge on any atom is -0.451 e. The molecule has 30 heavy (non-hydrogen) atoms. The van der Waals surface area contributed by atoms with Crippen molar-refractivity contribution in [2.75, 3.05) is 6.54 Å². The number of imide groups is 1. The second-order valence-electron chi connectivity index (χ2n) is 7.06. The Balaban J connectivity index is 1.41. The summed E-state index contributed by atoms with van der Waals surface area (Å²) in [6.07, 6.45) is -0.764. The first-order valence-electron chi connectivity index (χ1n) is 9.45. The number of aromatic nitrogens is 2. The van der Waals surface area contributed by atoms with E-state index in [2.05, 4.69) is 10.2 Å². The van der Waals surface area contributed by atoms with E-state index in [1.165, 1.54) is 0 Å². The molecule has 1 aliphatic heterocycles. The molecule has 3 aromatic rings. The van der Waals surface area contributed by atoms with Crippen LogP contribution in [0.25, 0.3) is 11.5 Å². The summed E-state index contributed by atoms with van der Waals surface area (Å²) < 4.78 is 10.9. The highest BCUT2D eigenvalue weighted by molar-refractivity contribution is 6.11. The first kappa shape index (κ1) is 19.5. The Morgan fingerprint density at radius 2 is 1.87 bits per heavy atom. The summed E-state index contributed by atoms with van der Waals surface area (Å²) in [5.41, 5.74) is 2.92. The Kier molecular flexibility index (Phi) is 5.14. The van der Waals surface area contributed by atoms with Crippen molar-refractivity contribution in [2.24, 2.45) is 0 Å². The van der Waals surface area contributed by atoms with Crippen LogP contribution in [-0.4, -0.2) is 39.4 Å². The summed E-state index contributed by atoms with van der Waals surface area (Å²) in [4.78, 5) is 38.1. The Morgan fingerprint density at radius 3 is 2.63 bits per heavy atom. The number of rotatable bonds is 5. The molecular formula is C22H19N3O5. The van der Waals surface area contributed by atoms with Crippen LogP contribution in [0.15, 0.2) is 52.9 Å². The zero-order chi connectivity index (χ0) is 21.3. The van der Waals surface area contributed by atoms with Crippen LogP contribution >= 0.6 is 0 Å². The fourth-order valence-electron chi connectivity index (χ4n) is 3.19. The van der Waals surface area contributed by atoms with Gasteiger partial charge in [0.2, 0.25) is 11.8 Å². The smallest absolute Gasteiger partial charge is 0.326 e. The average Bonchev–Trinajstić information content (AvgIpc) is 3.22. The van der Waals surface area contributed by atoms with Crippen molar-refractivity contribution in [3.63, 3.8) is 0 Å². The van der Waals surface area contributed by atoms with Crippen molar-refractivity contribution in [2.45, 2.75) is 26.4 Å². The highest BCUT2D eigenvalue weighted by Gasteiger charge is 2.33. The lowest BCUT2D eigenvalue weighted by Gasteiger charge is -2.26. The zero-order valence-electron chi connectivity index (χ0n) is 16.5. The molecular weight excluding hydrogens is 386 g/mol. The molecule has 1 atom stereocenters. The number of esters is 1. The number of nitrogens with zero attached hydrogens (tertiary/aromatic N) is 3. The molecule has 1 aromatic heterocycles. The number of carbonyl (C=O) groups is 3. The van der Waals surface area contributed by atoms with E-state index in [1.807, 2.05) is 31.2 Å². The quantitative estimate of drug-likeness (QED) is 0.475. The third-order valence-corrected chi connectivity index (χ3v) is 4.82. The van der Waals surface area contributed by atoms with Gasteiger partial charge in [-0.1, -0.05) is 35.9 Å². The van der Waals surface area contributed by atoms with Crippen molar-refractivity contribution >= 4 is 17.8 Å². The van der Waals surface area contributed by atoms with Crippen molar-refractivity contribution in [1.29, 1.82) is 0 Å². The van der Waals surface area contributed by atoms with E-state index >= 15 is 0 Å². The lowest BCUT2D eigenvalue weighted by atomic mass is 9.98. The largest absolute Gasteiger partial charge is 0.451 e. The van der Waals surface area contributed by atoms with Crippen LogP contribution in [0.1, 0.15) is 40.4 Å². The fraction of sp³-hybridized carbons (Fsp3) is 0.227. The van der Waals surface area contributed by atoms with E-state index in [0.29, 0.717) is 17.0 Å². The van der Waals surface area contributed by atoms with Gasteiger partial charge >= 0.3 is 5.97 Å². The lowest BCUT2D eigenvalue weighted by molar-refractivity contribution is -0.153. The van der Waals surface area contributed by atoms with Gasteiger partial charge in [-0.15, -0.1) is 10.2 Å². The predicted octanol–water partition coefficient (Wildman–Crippen LogP) is 2.87. The molecule has 0 saturated carbocycles. The normalized spacial score (nSPS) is 14.4. The standard InChI is InChI=1S/C22H19N3O5/c1-13-7-9-15(10-8-13)21-24-23-20(30-21)14(2)29-19(27)12-25-18(26)11-16-5-3-4-6-17(16)22(25)28/h3-10,14H,11-12H2,1-2H3/t14-/m1/s1. The summed E-state index contributed by atoms with van der Waals surface area (Å²) >= 11 is 0. The minimum atomic E-state index is -0.827. The minimum absolute atomic E-state index is 0.0638. The molecule has 1 aliphatic rings. The summed E-state index contributed by atoms with van der Waals surface area (Å²) in [5.74, 6) is -1.25. The molecule has 0 fully saturated rings. The van der Waals surface area contributed by atoms with Gasteiger partial charge in [-0.2, -0.15) is 0 Å². The SMILES string of the molecule is Cc1ccc(-c2nnc([C@@H](C)OC(=O)CN3C(=O)Cc4ccccc4C3=O)o2)cc1. The summed E-state index contributed by atoms with van der Waals surface area (Å²) in [7, 11) is 0. The Hall–Kier alpha value is -3.81. The molecule has 8 heteroatoms. The zero-order valence-corrected chi connectivity index (χ0v) is 16.5. The Morgan fingerprint density at radius 1 is 1.13 bits per heavy atom. The van der Waals surface area contributed by atoms with Crippen LogP contribution in [0, 0.1) is 6.92 Å². The molecule has 0 unspecified atom stereocenters. The molecule has 4 rings (SSSR count). The number of carbonyl (C=O) groups excluding carboxylic acids is 3. The molecule has 0 spiro atoms. The number of amides is 2. The van der Waals surface area contributed by atoms with Crippen molar-refractivity contribution in [3.05, 3.63) is 71.1 Å². The fourth-order valence-corrected chi connectivity index (χ4v) is 3.19. The summed E-state index contributed by atoms with van der Waals surface area (Å²) in [6.45, 7) is 3.08. The van der Waals surface area contributed by atoms with E-state index in [9.17, 15) is 14.4 Å². The first-order chi connectivity index (χ1) is 14.4. The third-order valence-electron chi connectivity index (χ3n) is 4.82. The van der Waals surface area contributed by atoms with Crippen LogP contribution in [0.3, 0.4) is 0 Å². The molecule has 0 aliphatic carbocycles. The van der Waals surface area contributed by atoms with Gasteiger partial charge in [-0.25, -0.2) is 0 Å². The number of hydrogen-bond acceptors (Lipinski definition) is 7. The number of hydrogen-bond donors (Lipinski definition) is 0. The van der Waals surface area contributed by atoms with Gasteiger partial charge in [0.1, 0.15) is 6.54 Å². The number of ether oxygens (including phenoxy) is 1. The third kappa shape index (κ3) is 3.84. The van der Waals surface area contributed by atoms with Crippen molar-refractivity contribution in [3.8, 4) is 11.5 Å². The molecule has 2 amide bonds.